The van der Waals surface area contributed by atoms with Gasteiger partial charge in [0.05, 0.1) is 0 Å². The number of nitrogens with one attached hydrogen (secondary N) is 1. The maximum Gasteiger partial charge on any atom is 0.128 e. The molecule has 0 amide bonds. The van der Waals surface area contributed by atoms with Gasteiger partial charge in [0.15, 0.2) is 0 Å². The van der Waals surface area contributed by atoms with E-state index < -0.39 is 0 Å². The van der Waals surface area contributed by atoms with Crippen molar-refractivity contribution in [3.05, 3.63) is 23.9 Å². The quantitative estimate of drug-likeness (QED) is 0.795. The zero-order valence-corrected chi connectivity index (χ0v) is 9.53. The van der Waals surface area contributed by atoms with E-state index >= 15 is 0 Å². The van der Waals surface area contributed by atoms with Gasteiger partial charge in [0.1, 0.15) is 5.82 Å². The smallest absolute Gasteiger partial charge is 0.128 e. The third-order valence-corrected chi connectivity index (χ3v) is 2.94. The lowest BCUT2D eigenvalue weighted by Gasteiger charge is -2.16. The summed E-state index contributed by atoms with van der Waals surface area (Å²) in [6.07, 6.45) is 4.58. The number of anilines is 1. The van der Waals surface area contributed by atoms with E-state index in [-0.39, 0.29) is 0 Å². The van der Waals surface area contributed by atoms with Crippen molar-refractivity contribution in [2.24, 2.45) is 0 Å². The van der Waals surface area contributed by atoms with Crippen molar-refractivity contribution >= 4 is 5.82 Å². The lowest BCUT2D eigenvalue weighted by atomic mass is 10.3. The Hall–Kier alpha value is -1.09. The van der Waals surface area contributed by atoms with Gasteiger partial charge in [0.25, 0.3) is 0 Å². The third kappa shape index (κ3) is 2.93. The molecule has 1 aliphatic carbocycles. The van der Waals surface area contributed by atoms with Crippen LogP contribution in [0.1, 0.15) is 18.4 Å². The van der Waals surface area contributed by atoms with Crippen LogP contribution in [0.3, 0.4) is 0 Å². The summed E-state index contributed by atoms with van der Waals surface area (Å²) in [7, 11) is 2.20. The first-order chi connectivity index (χ1) is 7.27. The predicted molar refractivity (Wildman–Crippen MR) is 63.1 cm³/mol. The predicted octanol–water partition coefficient (Wildman–Crippen LogP) is 1.90. The average Bonchev–Trinajstić information content (AvgIpc) is 3.04. The van der Waals surface area contributed by atoms with Gasteiger partial charge in [0.2, 0.25) is 0 Å². The Morgan fingerprint density at radius 3 is 3.00 bits per heavy atom. The topological polar surface area (TPSA) is 28.2 Å². The van der Waals surface area contributed by atoms with Crippen LogP contribution < -0.4 is 5.32 Å². The highest BCUT2D eigenvalue weighted by Crippen LogP contribution is 2.24. The van der Waals surface area contributed by atoms with E-state index in [0.29, 0.717) is 0 Å². The fraction of sp³-hybridized carbons (Fsp3) is 0.583. The van der Waals surface area contributed by atoms with Crippen LogP contribution in [-0.2, 0) is 0 Å². The van der Waals surface area contributed by atoms with Crippen molar-refractivity contribution in [2.75, 3.05) is 25.5 Å². The summed E-state index contributed by atoms with van der Waals surface area (Å²) < 4.78 is 0. The molecule has 1 aromatic rings. The van der Waals surface area contributed by atoms with Gasteiger partial charge in [-0.05, 0) is 38.4 Å². The van der Waals surface area contributed by atoms with Gasteiger partial charge in [-0.25, -0.2) is 4.98 Å². The highest BCUT2D eigenvalue weighted by molar-refractivity contribution is 5.42. The highest BCUT2D eigenvalue weighted by Gasteiger charge is 2.25. The zero-order valence-electron chi connectivity index (χ0n) is 9.53. The van der Waals surface area contributed by atoms with Crippen molar-refractivity contribution in [2.45, 2.75) is 25.8 Å². The van der Waals surface area contributed by atoms with Crippen LogP contribution in [0, 0.1) is 6.92 Å². The van der Waals surface area contributed by atoms with Crippen molar-refractivity contribution < 1.29 is 0 Å². The van der Waals surface area contributed by atoms with E-state index in [2.05, 4.69) is 35.2 Å². The van der Waals surface area contributed by atoms with Gasteiger partial charge in [0, 0.05) is 25.3 Å². The maximum atomic E-state index is 4.31. The molecular weight excluding hydrogens is 186 g/mol. The lowest BCUT2D eigenvalue weighted by molar-refractivity contribution is 0.337. The van der Waals surface area contributed by atoms with Crippen molar-refractivity contribution in [3.8, 4) is 0 Å². The summed E-state index contributed by atoms with van der Waals surface area (Å²) in [5.41, 5.74) is 1.21. The number of aryl methyl sites for hydroxylation is 1. The molecule has 0 atom stereocenters. The van der Waals surface area contributed by atoms with E-state index in [1.54, 1.807) is 0 Å². The molecule has 15 heavy (non-hydrogen) atoms. The number of hydrogen-bond acceptors (Lipinski definition) is 3. The second kappa shape index (κ2) is 4.62. The third-order valence-electron chi connectivity index (χ3n) is 2.94. The second-order valence-corrected chi connectivity index (χ2v) is 4.31. The Morgan fingerprint density at radius 2 is 2.33 bits per heavy atom. The summed E-state index contributed by atoms with van der Waals surface area (Å²) in [5, 5.41) is 3.37. The van der Waals surface area contributed by atoms with E-state index in [1.165, 1.54) is 18.4 Å². The number of pyridine rings is 1. The number of aromatic nitrogens is 1. The van der Waals surface area contributed by atoms with Crippen LogP contribution in [-0.4, -0.2) is 36.1 Å². The van der Waals surface area contributed by atoms with Gasteiger partial charge in [-0.2, -0.15) is 0 Å². The first kappa shape index (κ1) is 10.4. The minimum absolute atomic E-state index is 0.844. The highest BCUT2D eigenvalue weighted by atomic mass is 15.2. The molecule has 3 heteroatoms. The maximum absolute atomic E-state index is 4.31. The van der Waals surface area contributed by atoms with Crippen molar-refractivity contribution in [3.63, 3.8) is 0 Å². The standard InChI is InChI=1S/C12H19N3/c1-10-4-3-7-13-12(10)14-8-9-15(2)11-5-6-11/h3-4,7,11H,5-6,8-9H2,1-2H3,(H,13,14). The molecule has 1 aromatic heterocycles. The SMILES string of the molecule is Cc1cccnc1NCCN(C)C1CC1. The summed E-state index contributed by atoms with van der Waals surface area (Å²) in [5.74, 6) is 1.02. The number of likely N-dealkylation sites (N-methyl/N-ethyl adjacent to an activating group) is 1. The van der Waals surface area contributed by atoms with E-state index in [4.69, 9.17) is 0 Å². The normalized spacial score (nSPS) is 15.7. The zero-order chi connectivity index (χ0) is 10.7. The molecular formula is C12H19N3. The largest absolute Gasteiger partial charge is 0.369 e. The molecule has 1 N–H and O–H groups in total. The molecule has 1 heterocycles. The fourth-order valence-electron chi connectivity index (χ4n) is 1.72. The minimum Gasteiger partial charge on any atom is -0.369 e. The first-order valence-corrected chi connectivity index (χ1v) is 5.63. The number of rotatable bonds is 5. The molecule has 0 aromatic carbocycles. The number of hydrogen-bond donors (Lipinski definition) is 1. The molecule has 82 valence electrons. The fourth-order valence-corrected chi connectivity index (χ4v) is 1.72. The lowest BCUT2D eigenvalue weighted by Crippen LogP contribution is -2.27. The van der Waals surface area contributed by atoms with Gasteiger partial charge in [-0.3, -0.25) is 0 Å². The van der Waals surface area contributed by atoms with Crippen molar-refractivity contribution in [1.29, 1.82) is 0 Å². The molecule has 0 radical (unpaired) electrons. The van der Waals surface area contributed by atoms with E-state index in [1.807, 2.05) is 12.3 Å². The average molecular weight is 205 g/mol. The van der Waals surface area contributed by atoms with E-state index in [0.717, 1.165) is 24.9 Å². The molecule has 1 aliphatic rings. The van der Waals surface area contributed by atoms with Gasteiger partial charge in [-0.15, -0.1) is 0 Å². The molecule has 0 spiro atoms. The second-order valence-electron chi connectivity index (χ2n) is 4.31. The minimum atomic E-state index is 0.844. The van der Waals surface area contributed by atoms with Crippen LogP contribution in [0.5, 0.6) is 0 Å². The molecule has 1 saturated carbocycles. The Labute approximate surface area is 91.5 Å². The first-order valence-electron chi connectivity index (χ1n) is 5.63. The summed E-state index contributed by atoms with van der Waals surface area (Å²) in [4.78, 5) is 6.73. The van der Waals surface area contributed by atoms with Crippen LogP contribution in [0.2, 0.25) is 0 Å². The van der Waals surface area contributed by atoms with Crippen molar-refractivity contribution in [1.82, 2.24) is 9.88 Å². The van der Waals surface area contributed by atoms with Crippen LogP contribution in [0.4, 0.5) is 5.82 Å². The molecule has 0 unspecified atom stereocenters. The van der Waals surface area contributed by atoms with Gasteiger partial charge >= 0.3 is 0 Å². The van der Waals surface area contributed by atoms with E-state index in [9.17, 15) is 0 Å². The van der Waals surface area contributed by atoms with Crippen LogP contribution in [0.15, 0.2) is 18.3 Å². The number of nitrogens with zero attached hydrogens (tertiary/aromatic N) is 2. The molecule has 2 rings (SSSR count). The van der Waals surface area contributed by atoms with Crippen LogP contribution >= 0.6 is 0 Å². The monoisotopic (exact) mass is 205 g/mol. The Kier molecular flexibility index (Phi) is 3.21. The Bertz CT molecular complexity index is 320. The molecule has 0 saturated heterocycles. The van der Waals surface area contributed by atoms with Gasteiger partial charge in [-0.1, -0.05) is 6.07 Å². The molecule has 3 nitrogen and oxygen atoms in total. The van der Waals surface area contributed by atoms with Crippen LogP contribution in [0.25, 0.3) is 0 Å². The Morgan fingerprint density at radius 1 is 1.53 bits per heavy atom. The Balaban J connectivity index is 1.75. The molecule has 0 aliphatic heterocycles. The molecule has 1 fully saturated rings. The summed E-state index contributed by atoms with van der Waals surface area (Å²) >= 11 is 0. The van der Waals surface area contributed by atoms with Gasteiger partial charge < -0.3 is 10.2 Å². The summed E-state index contributed by atoms with van der Waals surface area (Å²) in [6, 6.07) is 4.90. The summed E-state index contributed by atoms with van der Waals surface area (Å²) in [6.45, 7) is 4.16. The molecule has 0 bridgehead atoms.